The van der Waals surface area contributed by atoms with Crippen molar-refractivity contribution in [2.75, 3.05) is 0 Å². The first-order valence-electron chi connectivity index (χ1n) is 14.9. The van der Waals surface area contributed by atoms with Gasteiger partial charge < -0.3 is 37.1 Å². The summed E-state index contributed by atoms with van der Waals surface area (Å²) in [5.74, 6) is -4.08. The Morgan fingerprint density at radius 1 is 0.837 bits per heavy atom. The van der Waals surface area contributed by atoms with Gasteiger partial charge in [-0.3, -0.25) is 19.2 Å². The third kappa shape index (κ3) is 10.1. The lowest BCUT2D eigenvalue weighted by molar-refractivity contribution is -0.143. The lowest BCUT2D eigenvalue weighted by Gasteiger charge is -2.29. The number of para-hydroxylation sites is 1. The zero-order chi connectivity index (χ0) is 32.4. The zero-order valence-corrected chi connectivity index (χ0v) is 26.2. The van der Waals surface area contributed by atoms with Gasteiger partial charge in [0.2, 0.25) is 23.6 Å². The number of carbonyl (C=O) groups is 5. The fraction of sp³-hybridized carbons (Fsp3) is 0.581. The molecule has 0 radical (unpaired) electrons. The summed E-state index contributed by atoms with van der Waals surface area (Å²) in [7, 11) is 0. The van der Waals surface area contributed by atoms with Gasteiger partial charge in [0.15, 0.2) is 0 Å². The van der Waals surface area contributed by atoms with Gasteiger partial charge in [-0.15, -0.1) is 0 Å². The highest BCUT2D eigenvalue weighted by molar-refractivity contribution is 5.95. The summed E-state index contributed by atoms with van der Waals surface area (Å²) in [5.41, 5.74) is 7.97. The van der Waals surface area contributed by atoms with Gasteiger partial charge in [0.05, 0.1) is 6.04 Å². The molecule has 12 heteroatoms. The summed E-state index contributed by atoms with van der Waals surface area (Å²) in [6, 6.07) is 2.65. The number of benzene rings is 1. The van der Waals surface area contributed by atoms with E-state index in [-0.39, 0.29) is 30.6 Å². The van der Waals surface area contributed by atoms with Gasteiger partial charge >= 0.3 is 5.97 Å². The van der Waals surface area contributed by atoms with E-state index in [1.807, 2.05) is 45.0 Å². The number of nitrogens with one attached hydrogen (secondary N) is 5. The Bertz CT molecular complexity index is 1270. The molecule has 12 nitrogen and oxygen atoms in total. The first kappa shape index (κ1) is 35.3. The van der Waals surface area contributed by atoms with E-state index in [1.165, 1.54) is 6.92 Å². The molecular formula is C31H48N6O6. The maximum Gasteiger partial charge on any atom is 0.326 e. The maximum atomic E-state index is 13.4. The Balaban J connectivity index is 2.05. The van der Waals surface area contributed by atoms with E-state index in [0.717, 1.165) is 16.5 Å². The second-order valence-corrected chi connectivity index (χ2v) is 12.0. The molecule has 4 amide bonds. The number of aromatic amines is 1. The van der Waals surface area contributed by atoms with Crippen molar-refractivity contribution in [3.05, 3.63) is 36.0 Å². The number of aromatic nitrogens is 1. The number of carbonyl (C=O) groups excluding carboxylic acids is 4. The smallest absolute Gasteiger partial charge is 0.326 e. The monoisotopic (exact) mass is 600 g/mol. The van der Waals surface area contributed by atoms with E-state index in [9.17, 15) is 29.1 Å². The molecule has 0 unspecified atom stereocenters. The predicted octanol–water partition coefficient (Wildman–Crippen LogP) is 1.83. The molecule has 0 aliphatic carbocycles. The number of amides is 4. The Hall–Kier alpha value is -3.93. The highest BCUT2D eigenvalue weighted by Gasteiger charge is 2.34. The number of nitrogens with two attached hydrogens (primary N) is 1. The quantitative estimate of drug-likeness (QED) is 0.153. The van der Waals surface area contributed by atoms with Crippen LogP contribution in [0.5, 0.6) is 0 Å². The van der Waals surface area contributed by atoms with Crippen LogP contribution in [0.4, 0.5) is 0 Å². The first-order valence-corrected chi connectivity index (χ1v) is 14.9. The molecule has 8 N–H and O–H groups in total. The van der Waals surface area contributed by atoms with Gasteiger partial charge in [0.25, 0.3) is 0 Å². The van der Waals surface area contributed by atoms with Gasteiger partial charge in [0.1, 0.15) is 24.2 Å². The highest BCUT2D eigenvalue weighted by atomic mass is 16.4. The number of hydrogen-bond donors (Lipinski definition) is 7. The van der Waals surface area contributed by atoms with Gasteiger partial charge in [-0.2, -0.15) is 0 Å². The van der Waals surface area contributed by atoms with E-state index >= 15 is 0 Å². The molecule has 1 heterocycles. The molecule has 0 fully saturated rings. The van der Waals surface area contributed by atoms with Crippen LogP contribution < -0.4 is 27.0 Å². The number of carboxylic acids is 1. The van der Waals surface area contributed by atoms with E-state index in [2.05, 4.69) is 26.3 Å². The third-order valence-electron chi connectivity index (χ3n) is 7.57. The summed E-state index contributed by atoms with van der Waals surface area (Å²) in [4.78, 5) is 67.2. The minimum absolute atomic E-state index is 0.0316. The summed E-state index contributed by atoms with van der Waals surface area (Å²) in [6.07, 6.45) is 2.85. The lowest BCUT2D eigenvalue weighted by atomic mass is 9.95. The third-order valence-corrected chi connectivity index (χ3v) is 7.57. The van der Waals surface area contributed by atoms with Crippen molar-refractivity contribution >= 4 is 40.5 Å². The Morgan fingerprint density at radius 3 is 2.02 bits per heavy atom. The second kappa shape index (κ2) is 16.1. The van der Waals surface area contributed by atoms with E-state index in [4.69, 9.17) is 5.73 Å². The van der Waals surface area contributed by atoms with Crippen LogP contribution in [-0.2, 0) is 30.4 Å². The molecule has 43 heavy (non-hydrogen) atoms. The highest BCUT2D eigenvalue weighted by Crippen LogP contribution is 2.19. The molecule has 0 aliphatic heterocycles. The minimum Gasteiger partial charge on any atom is -0.480 e. The topological polar surface area (TPSA) is 196 Å². The summed E-state index contributed by atoms with van der Waals surface area (Å²) in [6.45, 7) is 12.3. The summed E-state index contributed by atoms with van der Waals surface area (Å²) in [5, 5.41) is 21.1. The number of hydrogen-bond acceptors (Lipinski definition) is 6. The Kier molecular flexibility index (Phi) is 13.2. The molecule has 2 rings (SSSR count). The van der Waals surface area contributed by atoms with Crippen LogP contribution in [0.1, 0.15) is 66.9 Å². The Labute approximate surface area is 253 Å². The zero-order valence-electron chi connectivity index (χ0n) is 26.2. The van der Waals surface area contributed by atoms with Crippen LogP contribution in [0.2, 0.25) is 0 Å². The van der Waals surface area contributed by atoms with Crippen LogP contribution in [0, 0.1) is 17.8 Å². The molecular weight excluding hydrogens is 552 g/mol. The van der Waals surface area contributed by atoms with Crippen LogP contribution in [0.3, 0.4) is 0 Å². The molecule has 0 saturated carbocycles. The molecule has 0 spiro atoms. The number of rotatable bonds is 16. The molecule has 2 aromatic rings. The van der Waals surface area contributed by atoms with Crippen LogP contribution >= 0.6 is 0 Å². The number of fused-ring (bicyclic) bond motifs is 1. The second-order valence-electron chi connectivity index (χ2n) is 12.0. The van der Waals surface area contributed by atoms with Gasteiger partial charge in [-0.1, -0.05) is 66.2 Å². The van der Waals surface area contributed by atoms with E-state index in [1.54, 1.807) is 27.0 Å². The van der Waals surface area contributed by atoms with Crippen molar-refractivity contribution in [1.82, 2.24) is 26.3 Å². The van der Waals surface area contributed by atoms with Crippen molar-refractivity contribution in [2.45, 2.75) is 97.9 Å². The average Bonchev–Trinajstić information content (AvgIpc) is 3.35. The molecule has 238 valence electrons. The minimum atomic E-state index is -1.15. The predicted molar refractivity (Wildman–Crippen MR) is 165 cm³/mol. The lowest BCUT2D eigenvalue weighted by Crippen LogP contribution is -2.60. The SMILES string of the molecule is CC[C@H](C)[C@H](NC(=O)[C@@H](NC(=O)[C@H](C)NC(=O)[C@@H](N)Cc1c[nH]c2ccccc12)C(C)C)C(=O)N[C@@H](CC(C)C)C(=O)O. The van der Waals surface area contributed by atoms with Crippen LogP contribution in [0.15, 0.2) is 30.5 Å². The molecule has 0 aliphatic rings. The Morgan fingerprint density at radius 2 is 1.44 bits per heavy atom. The van der Waals surface area contributed by atoms with Gasteiger partial charge in [-0.25, -0.2) is 4.79 Å². The van der Waals surface area contributed by atoms with E-state index in [0.29, 0.717) is 6.42 Å². The van der Waals surface area contributed by atoms with Crippen LogP contribution in [0.25, 0.3) is 10.9 Å². The van der Waals surface area contributed by atoms with Crippen molar-refractivity contribution in [2.24, 2.45) is 23.5 Å². The average molecular weight is 601 g/mol. The largest absolute Gasteiger partial charge is 0.480 e. The molecule has 6 atom stereocenters. The van der Waals surface area contributed by atoms with Crippen molar-refractivity contribution in [1.29, 1.82) is 0 Å². The molecule has 0 bridgehead atoms. The standard InChI is InChI=1S/C31H48N6O6/c1-8-18(6)26(30(41)35-24(31(42)43)13-16(2)3)37-29(40)25(17(4)5)36-27(38)19(7)34-28(39)22(32)14-20-15-33-23-12-10-9-11-21(20)23/h9-12,15-19,22,24-26,33H,8,13-14,32H2,1-7H3,(H,34,39)(H,35,41)(H,36,38)(H,37,40)(H,42,43)/t18-,19-,22-,24-,25-,26-/m0/s1. The molecule has 0 saturated heterocycles. The summed E-state index contributed by atoms with van der Waals surface area (Å²) < 4.78 is 0. The molecule has 1 aromatic carbocycles. The van der Waals surface area contributed by atoms with Crippen molar-refractivity contribution in [3.63, 3.8) is 0 Å². The number of H-pyrrole nitrogens is 1. The van der Waals surface area contributed by atoms with Crippen molar-refractivity contribution < 1.29 is 29.1 Å². The van der Waals surface area contributed by atoms with Gasteiger partial charge in [-0.05, 0) is 49.1 Å². The van der Waals surface area contributed by atoms with Crippen LogP contribution in [-0.4, -0.2) is 69.9 Å². The first-order chi connectivity index (χ1) is 20.2. The number of aliphatic carboxylic acids is 1. The van der Waals surface area contributed by atoms with Gasteiger partial charge in [0, 0.05) is 17.1 Å². The summed E-state index contributed by atoms with van der Waals surface area (Å²) >= 11 is 0. The number of carboxylic acid groups (broad SMARTS) is 1. The van der Waals surface area contributed by atoms with E-state index < -0.39 is 59.8 Å². The fourth-order valence-electron chi connectivity index (χ4n) is 4.73. The molecule has 1 aromatic heterocycles. The van der Waals surface area contributed by atoms with Crippen molar-refractivity contribution in [3.8, 4) is 0 Å². The fourth-order valence-corrected chi connectivity index (χ4v) is 4.73. The maximum absolute atomic E-state index is 13.4. The normalized spacial score (nSPS) is 15.7.